The molecule has 1 heterocycles. The average molecular weight is 293 g/mol. The number of carbonyl (C=O) groups excluding carboxylic acids is 1. The molecule has 1 atom stereocenters. The molecule has 1 aromatic carbocycles. The summed E-state index contributed by atoms with van der Waals surface area (Å²) in [6.07, 6.45) is 3.83. The van der Waals surface area contributed by atoms with Crippen LogP contribution in [0.25, 0.3) is 0 Å². The van der Waals surface area contributed by atoms with E-state index in [4.69, 9.17) is 5.73 Å². The molecular weight excluding hydrogens is 269 g/mol. The van der Waals surface area contributed by atoms with Crippen LogP contribution in [0.5, 0.6) is 0 Å². The maximum atomic E-state index is 13.6. The van der Waals surface area contributed by atoms with Crippen LogP contribution in [-0.2, 0) is 0 Å². The summed E-state index contributed by atoms with van der Waals surface area (Å²) in [5, 5.41) is 2.80. The minimum absolute atomic E-state index is 0.0140. The Hall–Kier alpha value is -1.62. The van der Waals surface area contributed by atoms with E-state index < -0.39 is 11.7 Å². The van der Waals surface area contributed by atoms with Gasteiger partial charge in [0.1, 0.15) is 5.82 Å². The van der Waals surface area contributed by atoms with Gasteiger partial charge < -0.3 is 16.0 Å². The fourth-order valence-electron chi connectivity index (χ4n) is 2.73. The number of nitrogen functional groups attached to an aromatic ring is 1. The van der Waals surface area contributed by atoms with Gasteiger partial charge in [0.15, 0.2) is 0 Å². The molecule has 1 aromatic rings. The van der Waals surface area contributed by atoms with Gasteiger partial charge in [-0.3, -0.25) is 4.79 Å². The standard InChI is InChI=1S/C16H24FN3O/c1-12(11-20-7-3-2-4-8-20)10-19-16(21)14-9-13(18)5-6-15(14)17/h5-6,9,12H,2-4,7-8,10-11,18H2,1H3,(H,19,21). The summed E-state index contributed by atoms with van der Waals surface area (Å²) < 4.78 is 13.6. The fourth-order valence-corrected chi connectivity index (χ4v) is 2.73. The smallest absolute Gasteiger partial charge is 0.254 e. The van der Waals surface area contributed by atoms with Crippen molar-refractivity contribution in [3.63, 3.8) is 0 Å². The van der Waals surface area contributed by atoms with E-state index in [0.29, 0.717) is 18.2 Å². The Balaban J connectivity index is 1.81. The van der Waals surface area contributed by atoms with Crippen LogP contribution in [0.4, 0.5) is 10.1 Å². The van der Waals surface area contributed by atoms with Crippen LogP contribution < -0.4 is 11.1 Å². The number of hydrogen-bond acceptors (Lipinski definition) is 3. The third-order valence-corrected chi connectivity index (χ3v) is 3.86. The van der Waals surface area contributed by atoms with Crippen molar-refractivity contribution in [2.24, 2.45) is 5.92 Å². The van der Waals surface area contributed by atoms with E-state index in [0.717, 1.165) is 19.6 Å². The monoisotopic (exact) mass is 293 g/mol. The molecule has 1 aliphatic rings. The number of likely N-dealkylation sites (tertiary alicyclic amines) is 1. The number of nitrogens with zero attached hydrogens (tertiary/aromatic N) is 1. The molecule has 1 unspecified atom stereocenters. The van der Waals surface area contributed by atoms with Crippen molar-refractivity contribution in [3.8, 4) is 0 Å². The molecule has 4 nitrogen and oxygen atoms in total. The first-order valence-corrected chi connectivity index (χ1v) is 7.62. The van der Waals surface area contributed by atoms with Crippen LogP contribution in [0.1, 0.15) is 36.5 Å². The van der Waals surface area contributed by atoms with Crippen molar-refractivity contribution in [1.82, 2.24) is 10.2 Å². The first-order chi connectivity index (χ1) is 10.1. The number of halogens is 1. The molecule has 116 valence electrons. The highest BCUT2D eigenvalue weighted by atomic mass is 19.1. The van der Waals surface area contributed by atoms with E-state index in [1.165, 1.54) is 37.5 Å². The zero-order valence-electron chi connectivity index (χ0n) is 12.6. The third-order valence-electron chi connectivity index (χ3n) is 3.86. The zero-order chi connectivity index (χ0) is 15.2. The Morgan fingerprint density at radius 2 is 2.10 bits per heavy atom. The van der Waals surface area contributed by atoms with Crippen LogP contribution in [0.15, 0.2) is 18.2 Å². The molecule has 2 rings (SSSR count). The van der Waals surface area contributed by atoms with Crippen molar-refractivity contribution in [2.75, 3.05) is 31.9 Å². The molecule has 1 amide bonds. The number of carbonyl (C=O) groups is 1. The first-order valence-electron chi connectivity index (χ1n) is 7.62. The van der Waals surface area contributed by atoms with E-state index in [2.05, 4.69) is 17.1 Å². The summed E-state index contributed by atoms with van der Waals surface area (Å²) in [6.45, 7) is 5.90. The topological polar surface area (TPSA) is 58.4 Å². The summed E-state index contributed by atoms with van der Waals surface area (Å²) in [5.41, 5.74) is 6.00. The van der Waals surface area contributed by atoms with Gasteiger partial charge >= 0.3 is 0 Å². The quantitative estimate of drug-likeness (QED) is 0.819. The lowest BCUT2D eigenvalue weighted by Gasteiger charge is -2.29. The van der Waals surface area contributed by atoms with E-state index >= 15 is 0 Å². The minimum Gasteiger partial charge on any atom is -0.399 e. The first kappa shape index (κ1) is 15.8. The molecule has 0 radical (unpaired) electrons. The van der Waals surface area contributed by atoms with Gasteiger partial charge in [-0.25, -0.2) is 4.39 Å². The van der Waals surface area contributed by atoms with Crippen LogP contribution in [0, 0.1) is 11.7 Å². The summed E-state index contributed by atoms with van der Waals surface area (Å²) in [6, 6.07) is 4.05. The highest BCUT2D eigenvalue weighted by molar-refractivity contribution is 5.95. The minimum atomic E-state index is -0.537. The van der Waals surface area contributed by atoms with E-state index in [1.807, 2.05) is 0 Å². The van der Waals surface area contributed by atoms with Crippen LogP contribution in [0.3, 0.4) is 0 Å². The molecule has 0 spiro atoms. The number of amides is 1. The van der Waals surface area contributed by atoms with Crippen molar-refractivity contribution in [3.05, 3.63) is 29.6 Å². The molecule has 0 saturated carbocycles. The Kier molecular flexibility index (Phi) is 5.56. The molecule has 5 heteroatoms. The van der Waals surface area contributed by atoms with Crippen LogP contribution in [-0.4, -0.2) is 37.0 Å². The summed E-state index contributed by atoms with van der Waals surface area (Å²) in [7, 11) is 0. The Bertz CT molecular complexity index is 486. The number of hydrogen-bond donors (Lipinski definition) is 2. The molecule has 3 N–H and O–H groups in total. The zero-order valence-corrected chi connectivity index (χ0v) is 12.6. The predicted molar refractivity (Wildman–Crippen MR) is 82.6 cm³/mol. The van der Waals surface area contributed by atoms with E-state index in [1.54, 1.807) is 0 Å². The van der Waals surface area contributed by atoms with Crippen LogP contribution >= 0.6 is 0 Å². The van der Waals surface area contributed by atoms with Crippen molar-refractivity contribution in [2.45, 2.75) is 26.2 Å². The van der Waals surface area contributed by atoms with Crippen molar-refractivity contribution in [1.29, 1.82) is 0 Å². The number of nitrogens with one attached hydrogen (secondary N) is 1. The van der Waals surface area contributed by atoms with Crippen LogP contribution in [0.2, 0.25) is 0 Å². The highest BCUT2D eigenvalue weighted by Gasteiger charge is 2.16. The Morgan fingerprint density at radius 1 is 1.38 bits per heavy atom. The van der Waals surface area contributed by atoms with Gasteiger partial charge in [-0.1, -0.05) is 13.3 Å². The fraction of sp³-hybridized carbons (Fsp3) is 0.562. The van der Waals surface area contributed by atoms with Gasteiger partial charge in [-0.15, -0.1) is 0 Å². The highest BCUT2D eigenvalue weighted by Crippen LogP contribution is 2.13. The lowest BCUT2D eigenvalue weighted by atomic mass is 10.1. The number of rotatable bonds is 5. The number of nitrogens with two attached hydrogens (primary N) is 1. The molecule has 0 aliphatic carbocycles. The van der Waals surface area contributed by atoms with Gasteiger partial charge in [-0.05, 0) is 50.0 Å². The Labute approximate surface area is 125 Å². The largest absolute Gasteiger partial charge is 0.399 e. The van der Waals surface area contributed by atoms with Gasteiger partial charge in [0.05, 0.1) is 5.56 Å². The molecule has 0 bridgehead atoms. The lowest BCUT2D eigenvalue weighted by Crippen LogP contribution is -2.38. The summed E-state index contributed by atoms with van der Waals surface area (Å²) >= 11 is 0. The molecule has 21 heavy (non-hydrogen) atoms. The normalized spacial score (nSPS) is 17.4. The van der Waals surface area contributed by atoms with E-state index in [-0.39, 0.29) is 5.56 Å². The van der Waals surface area contributed by atoms with Crippen molar-refractivity contribution < 1.29 is 9.18 Å². The molecule has 1 aliphatic heterocycles. The maximum absolute atomic E-state index is 13.6. The third kappa shape index (κ3) is 4.70. The van der Waals surface area contributed by atoms with E-state index in [9.17, 15) is 9.18 Å². The average Bonchev–Trinajstić information content (AvgIpc) is 2.48. The predicted octanol–water partition coefficient (Wildman–Crippen LogP) is 2.26. The molecule has 1 fully saturated rings. The Morgan fingerprint density at radius 3 is 2.81 bits per heavy atom. The second-order valence-corrected chi connectivity index (χ2v) is 5.92. The van der Waals surface area contributed by atoms with Gasteiger partial charge in [0.25, 0.3) is 5.91 Å². The SMILES string of the molecule is CC(CNC(=O)c1cc(N)ccc1F)CN1CCCCC1. The van der Waals surface area contributed by atoms with Gasteiger partial charge in [0.2, 0.25) is 0 Å². The number of benzene rings is 1. The number of anilines is 1. The second-order valence-electron chi connectivity index (χ2n) is 5.92. The summed E-state index contributed by atoms with van der Waals surface area (Å²) in [5.74, 6) is -0.591. The maximum Gasteiger partial charge on any atom is 0.254 e. The lowest BCUT2D eigenvalue weighted by molar-refractivity contribution is 0.0938. The summed E-state index contributed by atoms with van der Waals surface area (Å²) in [4.78, 5) is 14.4. The molecule has 0 aromatic heterocycles. The number of piperidine rings is 1. The molecular formula is C16H24FN3O. The van der Waals surface area contributed by atoms with Crippen molar-refractivity contribution >= 4 is 11.6 Å². The van der Waals surface area contributed by atoms with Gasteiger partial charge in [-0.2, -0.15) is 0 Å². The second kappa shape index (κ2) is 7.41. The van der Waals surface area contributed by atoms with Gasteiger partial charge in [0, 0.05) is 18.8 Å². The molecule has 1 saturated heterocycles.